The highest BCUT2D eigenvalue weighted by molar-refractivity contribution is 8.18. The zero-order valence-electron chi connectivity index (χ0n) is 16.0. The molecule has 0 aliphatic carbocycles. The quantitative estimate of drug-likeness (QED) is 0.714. The van der Waals surface area contributed by atoms with E-state index in [0.29, 0.717) is 28.2 Å². The molecule has 1 saturated heterocycles. The molecular formula is C22H22N2O3S. The third-order valence-electron chi connectivity index (χ3n) is 4.44. The highest BCUT2D eigenvalue weighted by Crippen LogP contribution is 2.34. The molecule has 0 atom stereocenters. The molecule has 1 N–H and O–H groups in total. The molecule has 6 heteroatoms. The van der Waals surface area contributed by atoms with Gasteiger partial charge in [0.15, 0.2) is 5.17 Å². The lowest BCUT2D eigenvalue weighted by Gasteiger charge is -2.12. The van der Waals surface area contributed by atoms with E-state index in [1.54, 1.807) is 17.0 Å². The van der Waals surface area contributed by atoms with Gasteiger partial charge in [-0.05, 0) is 66.1 Å². The molecule has 0 unspecified atom stereocenters. The van der Waals surface area contributed by atoms with Crippen molar-refractivity contribution in [2.24, 2.45) is 4.99 Å². The average Bonchev–Trinajstić information content (AvgIpc) is 2.96. The molecule has 0 radical (unpaired) electrons. The molecule has 0 spiro atoms. The third-order valence-corrected chi connectivity index (χ3v) is 5.45. The summed E-state index contributed by atoms with van der Waals surface area (Å²) in [5.41, 5.74) is 3.05. The number of nitrogens with zero attached hydrogens (tertiary/aromatic N) is 2. The first-order valence-electron chi connectivity index (χ1n) is 9.12. The Hall–Kier alpha value is -2.86. The Kier molecular flexibility index (Phi) is 5.99. The SMILES string of the molecule is CCN1C(=O)/C(=C/c2ccc(C(C)C)cc2)SC1=Nc1ccc(C(=O)O)cc1. The molecule has 0 bridgehead atoms. The monoisotopic (exact) mass is 394 g/mol. The third kappa shape index (κ3) is 4.34. The van der Waals surface area contributed by atoms with E-state index >= 15 is 0 Å². The van der Waals surface area contributed by atoms with Crippen LogP contribution in [0.3, 0.4) is 0 Å². The normalized spacial score (nSPS) is 17.1. The minimum Gasteiger partial charge on any atom is -0.478 e. The summed E-state index contributed by atoms with van der Waals surface area (Å²) in [6.07, 6.45) is 1.88. The number of benzene rings is 2. The van der Waals surface area contributed by atoms with E-state index in [9.17, 15) is 9.59 Å². The maximum Gasteiger partial charge on any atom is 0.335 e. The molecule has 0 saturated carbocycles. The molecule has 28 heavy (non-hydrogen) atoms. The molecule has 144 valence electrons. The molecule has 2 aromatic carbocycles. The zero-order valence-corrected chi connectivity index (χ0v) is 16.9. The fourth-order valence-corrected chi connectivity index (χ4v) is 3.85. The van der Waals surface area contributed by atoms with E-state index in [4.69, 9.17) is 5.11 Å². The summed E-state index contributed by atoms with van der Waals surface area (Å²) in [5.74, 6) is -0.583. The highest BCUT2D eigenvalue weighted by atomic mass is 32.2. The van der Waals surface area contributed by atoms with Crippen LogP contribution in [0.25, 0.3) is 6.08 Å². The smallest absolute Gasteiger partial charge is 0.335 e. The molecular weight excluding hydrogens is 372 g/mol. The van der Waals surface area contributed by atoms with Gasteiger partial charge in [-0.25, -0.2) is 9.79 Å². The van der Waals surface area contributed by atoms with Crippen molar-refractivity contribution in [3.8, 4) is 0 Å². The van der Waals surface area contributed by atoms with E-state index in [-0.39, 0.29) is 11.5 Å². The lowest BCUT2D eigenvalue weighted by atomic mass is 10.0. The molecule has 1 amide bonds. The number of aliphatic imine (C=N–C) groups is 1. The molecule has 1 heterocycles. The minimum absolute atomic E-state index is 0.0682. The van der Waals surface area contributed by atoms with E-state index in [1.807, 2.05) is 25.1 Å². The van der Waals surface area contributed by atoms with Crippen LogP contribution in [0.5, 0.6) is 0 Å². The van der Waals surface area contributed by atoms with Crippen LogP contribution in [0.1, 0.15) is 48.2 Å². The van der Waals surface area contributed by atoms with Gasteiger partial charge in [0.25, 0.3) is 5.91 Å². The highest BCUT2D eigenvalue weighted by Gasteiger charge is 2.32. The largest absolute Gasteiger partial charge is 0.478 e. The van der Waals surface area contributed by atoms with Gasteiger partial charge in [0, 0.05) is 6.54 Å². The first kappa shape index (κ1) is 19.9. The summed E-state index contributed by atoms with van der Waals surface area (Å²) < 4.78 is 0. The van der Waals surface area contributed by atoms with E-state index in [0.717, 1.165) is 5.56 Å². The zero-order chi connectivity index (χ0) is 20.3. The number of hydrogen-bond acceptors (Lipinski definition) is 4. The van der Waals surface area contributed by atoms with Crippen molar-refractivity contribution in [2.45, 2.75) is 26.7 Å². The molecule has 1 aliphatic heterocycles. The number of carbonyl (C=O) groups excluding carboxylic acids is 1. The van der Waals surface area contributed by atoms with Gasteiger partial charge in [-0.1, -0.05) is 38.1 Å². The standard InChI is InChI=1S/C22H22N2O3S/c1-4-24-20(25)19(13-15-5-7-16(8-6-15)14(2)3)28-22(24)23-18-11-9-17(10-12-18)21(26)27/h5-14H,4H2,1-3H3,(H,26,27)/b19-13-,23-22?. The molecule has 1 fully saturated rings. The van der Waals surface area contributed by atoms with E-state index in [2.05, 4.69) is 31.0 Å². The molecule has 3 rings (SSSR count). The Bertz CT molecular complexity index is 945. The van der Waals surface area contributed by atoms with Gasteiger partial charge in [0.2, 0.25) is 0 Å². The van der Waals surface area contributed by atoms with Crippen molar-refractivity contribution < 1.29 is 14.7 Å². The predicted octanol–water partition coefficient (Wildman–Crippen LogP) is 5.13. The topological polar surface area (TPSA) is 70.0 Å². The van der Waals surface area contributed by atoms with Crippen molar-refractivity contribution in [1.29, 1.82) is 0 Å². The van der Waals surface area contributed by atoms with Gasteiger partial charge in [0.05, 0.1) is 16.2 Å². The van der Waals surface area contributed by atoms with Gasteiger partial charge >= 0.3 is 5.97 Å². The number of thioether (sulfide) groups is 1. The summed E-state index contributed by atoms with van der Waals surface area (Å²) in [6.45, 7) is 6.72. The maximum absolute atomic E-state index is 12.7. The molecule has 5 nitrogen and oxygen atoms in total. The first-order chi connectivity index (χ1) is 13.4. The van der Waals surface area contributed by atoms with Crippen LogP contribution in [-0.2, 0) is 4.79 Å². The summed E-state index contributed by atoms with van der Waals surface area (Å²) in [4.78, 5) is 30.5. The number of amides is 1. The van der Waals surface area contributed by atoms with Crippen molar-refractivity contribution >= 4 is 40.6 Å². The van der Waals surface area contributed by atoms with Gasteiger partial charge in [0.1, 0.15) is 0 Å². The van der Waals surface area contributed by atoms with Gasteiger partial charge in [-0.2, -0.15) is 0 Å². The Morgan fingerprint density at radius 1 is 1.14 bits per heavy atom. The van der Waals surface area contributed by atoms with Gasteiger partial charge in [-0.15, -0.1) is 0 Å². The molecule has 2 aromatic rings. The van der Waals surface area contributed by atoms with E-state index in [1.165, 1.54) is 29.5 Å². The molecule has 1 aliphatic rings. The number of carboxylic acids is 1. The number of carboxylic acid groups (broad SMARTS) is 1. The van der Waals surface area contributed by atoms with Crippen molar-refractivity contribution in [2.75, 3.05) is 6.54 Å². The lowest BCUT2D eigenvalue weighted by Crippen LogP contribution is -2.28. The fourth-order valence-electron chi connectivity index (χ4n) is 2.79. The lowest BCUT2D eigenvalue weighted by molar-refractivity contribution is -0.122. The Labute approximate surface area is 168 Å². The number of aromatic carboxylic acids is 1. The average molecular weight is 394 g/mol. The van der Waals surface area contributed by atoms with Crippen LogP contribution in [0.15, 0.2) is 58.4 Å². The van der Waals surface area contributed by atoms with Crippen LogP contribution in [-0.4, -0.2) is 33.6 Å². The summed E-state index contributed by atoms with van der Waals surface area (Å²) in [6, 6.07) is 14.5. The minimum atomic E-state index is -0.978. The summed E-state index contributed by atoms with van der Waals surface area (Å²) in [5, 5.41) is 9.59. The Morgan fingerprint density at radius 2 is 1.79 bits per heavy atom. The second-order valence-electron chi connectivity index (χ2n) is 6.73. The maximum atomic E-state index is 12.7. The van der Waals surface area contributed by atoms with Gasteiger partial charge < -0.3 is 5.11 Å². The fraction of sp³-hybridized carbons (Fsp3) is 0.227. The number of likely N-dealkylation sites (N-methyl/N-ethyl adjacent to an activating group) is 1. The molecule has 0 aromatic heterocycles. The first-order valence-corrected chi connectivity index (χ1v) is 9.94. The summed E-state index contributed by atoms with van der Waals surface area (Å²) in [7, 11) is 0. The van der Waals surface area contributed by atoms with Crippen molar-refractivity contribution in [3.05, 3.63) is 70.1 Å². The second kappa shape index (κ2) is 8.44. The number of rotatable bonds is 5. The number of hydrogen-bond donors (Lipinski definition) is 1. The van der Waals surface area contributed by atoms with Crippen LogP contribution < -0.4 is 0 Å². The second-order valence-corrected chi connectivity index (χ2v) is 7.74. The van der Waals surface area contributed by atoms with Crippen LogP contribution in [0.2, 0.25) is 0 Å². The Balaban J connectivity index is 1.86. The predicted molar refractivity (Wildman–Crippen MR) is 114 cm³/mol. The van der Waals surface area contributed by atoms with Gasteiger partial charge in [-0.3, -0.25) is 9.69 Å². The number of carbonyl (C=O) groups is 2. The summed E-state index contributed by atoms with van der Waals surface area (Å²) >= 11 is 1.33. The van der Waals surface area contributed by atoms with Crippen LogP contribution >= 0.6 is 11.8 Å². The van der Waals surface area contributed by atoms with Crippen LogP contribution in [0.4, 0.5) is 5.69 Å². The van der Waals surface area contributed by atoms with E-state index < -0.39 is 5.97 Å². The number of amidine groups is 1. The van der Waals surface area contributed by atoms with Crippen molar-refractivity contribution in [1.82, 2.24) is 4.90 Å². The van der Waals surface area contributed by atoms with Crippen molar-refractivity contribution in [3.63, 3.8) is 0 Å². The van der Waals surface area contributed by atoms with Crippen LogP contribution in [0, 0.1) is 0 Å². The Morgan fingerprint density at radius 3 is 2.32 bits per heavy atom.